The van der Waals surface area contributed by atoms with Crippen LogP contribution in [-0.2, 0) is 10.0 Å². The summed E-state index contributed by atoms with van der Waals surface area (Å²) in [5.74, 6) is 2.69. The number of carbonyl (C=O) groups excluding carboxylic acids is 1. The van der Waals surface area contributed by atoms with E-state index in [0.717, 1.165) is 37.0 Å². The zero-order valence-corrected chi connectivity index (χ0v) is 17.1. The van der Waals surface area contributed by atoms with Gasteiger partial charge in [-0.3, -0.25) is 4.79 Å². The lowest BCUT2D eigenvalue weighted by Gasteiger charge is -2.57. The highest BCUT2D eigenvalue weighted by atomic mass is 32.2. The number of rotatable bonds is 7. The topological polar surface area (TPSA) is 75.3 Å². The summed E-state index contributed by atoms with van der Waals surface area (Å²) in [5.41, 5.74) is 0.991. The van der Waals surface area contributed by atoms with Crippen LogP contribution in [0.15, 0.2) is 29.2 Å². The summed E-state index contributed by atoms with van der Waals surface area (Å²) < 4.78 is 27.1. The van der Waals surface area contributed by atoms with E-state index in [1.54, 1.807) is 12.1 Å². The molecule has 5 fully saturated rings. The molecule has 28 heavy (non-hydrogen) atoms. The van der Waals surface area contributed by atoms with Gasteiger partial charge in [-0.1, -0.05) is 0 Å². The minimum absolute atomic E-state index is 0.0811. The van der Waals surface area contributed by atoms with Crippen molar-refractivity contribution in [1.29, 1.82) is 0 Å². The molecule has 5 nitrogen and oxygen atoms in total. The number of carbonyl (C=O) groups is 1. The Hall–Kier alpha value is -1.40. The Kier molecular flexibility index (Phi) is 4.55. The number of amides is 1. The van der Waals surface area contributed by atoms with Crippen molar-refractivity contribution in [3.8, 4) is 0 Å². The second-order valence-corrected chi connectivity index (χ2v) is 11.6. The molecule has 0 unspecified atom stereocenters. The fourth-order valence-corrected chi connectivity index (χ4v) is 7.72. The van der Waals surface area contributed by atoms with E-state index < -0.39 is 10.0 Å². The van der Waals surface area contributed by atoms with Crippen LogP contribution in [0.4, 0.5) is 0 Å². The highest BCUT2D eigenvalue weighted by Crippen LogP contribution is 2.61. The summed E-state index contributed by atoms with van der Waals surface area (Å²) in [4.78, 5) is 12.7. The van der Waals surface area contributed by atoms with Crippen LogP contribution in [-0.4, -0.2) is 26.9 Å². The first-order valence-electron chi connectivity index (χ1n) is 10.8. The summed E-state index contributed by atoms with van der Waals surface area (Å²) in [6.45, 7) is 0.717. The summed E-state index contributed by atoms with van der Waals surface area (Å²) in [6.07, 6.45) is 11.3. The number of hydrogen-bond acceptors (Lipinski definition) is 3. The van der Waals surface area contributed by atoms with E-state index in [2.05, 4.69) is 10.0 Å². The van der Waals surface area contributed by atoms with Gasteiger partial charge in [0.25, 0.3) is 5.91 Å². The Morgan fingerprint density at radius 1 is 0.964 bits per heavy atom. The summed E-state index contributed by atoms with van der Waals surface area (Å²) in [7, 11) is -3.46. The highest BCUT2D eigenvalue weighted by Gasteiger charge is 2.50. The Balaban J connectivity index is 1.16. The zero-order valence-electron chi connectivity index (χ0n) is 16.3. The lowest BCUT2D eigenvalue weighted by atomic mass is 9.49. The molecule has 0 aromatic heterocycles. The van der Waals surface area contributed by atoms with Gasteiger partial charge >= 0.3 is 0 Å². The van der Waals surface area contributed by atoms with Gasteiger partial charge in [0.1, 0.15) is 0 Å². The molecular weight excluding hydrogens is 372 g/mol. The van der Waals surface area contributed by atoms with Gasteiger partial charge in [-0.15, -0.1) is 0 Å². The van der Waals surface area contributed by atoms with Crippen LogP contribution in [0.5, 0.6) is 0 Å². The van der Waals surface area contributed by atoms with E-state index in [0.29, 0.717) is 17.5 Å². The second-order valence-electron chi connectivity index (χ2n) is 9.84. The Labute approximate surface area is 167 Å². The van der Waals surface area contributed by atoms with Crippen molar-refractivity contribution < 1.29 is 13.2 Å². The van der Waals surface area contributed by atoms with E-state index in [-0.39, 0.29) is 16.8 Å². The fraction of sp³-hybridized carbons (Fsp3) is 0.682. The normalized spacial score (nSPS) is 33.8. The number of hydrogen-bond donors (Lipinski definition) is 2. The summed E-state index contributed by atoms with van der Waals surface area (Å²) in [5, 5.41) is 3.07. The predicted molar refractivity (Wildman–Crippen MR) is 107 cm³/mol. The maximum absolute atomic E-state index is 12.5. The lowest BCUT2D eigenvalue weighted by Crippen LogP contribution is -2.47. The van der Waals surface area contributed by atoms with Crippen molar-refractivity contribution >= 4 is 15.9 Å². The molecular formula is C22H30N2O3S. The van der Waals surface area contributed by atoms with Crippen LogP contribution in [0.3, 0.4) is 0 Å². The maximum atomic E-state index is 12.5. The molecule has 2 N–H and O–H groups in total. The largest absolute Gasteiger partial charge is 0.352 e. The molecule has 1 amide bonds. The average molecular weight is 403 g/mol. The zero-order chi connectivity index (χ0) is 19.4. The van der Waals surface area contributed by atoms with Gasteiger partial charge in [0.15, 0.2) is 0 Å². The van der Waals surface area contributed by atoms with Crippen LogP contribution in [0.1, 0.15) is 68.1 Å². The quantitative estimate of drug-likeness (QED) is 0.733. The fourth-order valence-electron chi connectivity index (χ4n) is 6.41. The van der Waals surface area contributed by atoms with Crippen molar-refractivity contribution in [2.45, 2.75) is 68.7 Å². The molecule has 5 aliphatic rings. The van der Waals surface area contributed by atoms with E-state index in [4.69, 9.17) is 0 Å². The summed E-state index contributed by atoms with van der Waals surface area (Å²) in [6, 6.07) is 6.36. The smallest absolute Gasteiger partial charge is 0.251 e. The Morgan fingerprint density at radius 2 is 1.54 bits per heavy atom. The molecule has 5 saturated carbocycles. The monoisotopic (exact) mass is 402 g/mol. The molecule has 1 aromatic rings. The molecule has 6 heteroatoms. The molecule has 0 spiro atoms. The molecule has 0 radical (unpaired) electrons. The standard InChI is InChI=1S/C22H30N2O3S/c25-21(18-1-5-20(6-2-18)28(26,27)24-19-3-4-19)23-8-7-22-12-15-9-16(13-22)11-17(10-15)14-22/h1-2,5-6,15-17,19,24H,3-4,7-14H2,(H,23,25). The number of sulfonamides is 1. The molecule has 0 saturated heterocycles. The SMILES string of the molecule is O=C(NCCC12CC3CC(CC(C3)C1)C2)c1ccc(S(=O)(=O)NC2CC2)cc1. The van der Waals surface area contributed by atoms with E-state index in [1.165, 1.54) is 50.7 Å². The molecule has 0 aliphatic heterocycles. The number of benzene rings is 1. The molecule has 152 valence electrons. The van der Waals surface area contributed by atoms with Crippen molar-refractivity contribution in [1.82, 2.24) is 10.0 Å². The molecule has 1 aromatic carbocycles. The van der Waals surface area contributed by atoms with Gasteiger partial charge in [-0.2, -0.15) is 0 Å². The number of nitrogens with one attached hydrogen (secondary N) is 2. The van der Waals surface area contributed by atoms with Crippen LogP contribution in [0, 0.1) is 23.2 Å². The van der Waals surface area contributed by atoms with Crippen molar-refractivity contribution in [2.24, 2.45) is 23.2 Å². The van der Waals surface area contributed by atoms with Crippen LogP contribution in [0.25, 0.3) is 0 Å². The third-order valence-electron chi connectivity index (χ3n) is 7.43. The summed E-state index contributed by atoms with van der Waals surface area (Å²) >= 11 is 0. The molecule has 6 rings (SSSR count). The van der Waals surface area contributed by atoms with E-state index in [9.17, 15) is 13.2 Å². The van der Waals surface area contributed by atoms with Gasteiger partial charge in [-0.25, -0.2) is 13.1 Å². The molecule has 5 aliphatic carbocycles. The van der Waals surface area contributed by atoms with Crippen molar-refractivity contribution in [3.05, 3.63) is 29.8 Å². The van der Waals surface area contributed by atoms with Gasteiger partial charge in [-0.05, 0) is 105 Å². The first kappa shape index (κ1) is 18.6. The molecule has 0 heterocycles. The Morgan fingerprint density at radius 3 is 2.07 bits per heavy atom. The minimum atomic E-state index is -3.46. The first-order chi connectivity index (χ1) is 13.4. The van der Waals surface area contributed by atoms with Crippen LogP contribution >= 0.6 is 0 Å². The van der Waals surface area contributed by atoms with Crippen molar-refractivity contribution in [3.63, 3.8) is 0 Å². The highest BCUT2D eigenvalue weighted by molar-refractivity contribution is 7.89. The van der Waals surface area contributed by atoms with E-state index >= 15 is 0 Å². The maximum Gasteiger partial charge on any atom is 0.251 e. The van der Waals surface area contributed by atoms with Gasteiger partial charge in [0.05, 0.1) is 4.90 Å². The first-order valence-corrected chi connectivity index (χ1v) is 12.3. The Bertz CT molecular complexity index is 823. The lowest BCUT2D eigenvalue weighted by molar-refractivity contribution is -0.0564. The third-order valence-corrected chi connectivity index (χ3v) is 8.97. The molecule has 4 bridgehead atoms. The van der Waals surface area contributed by atoms with Gasteiger partial charge in [0.2, 0.25) is 10.0 Å². The second kappa shape index (κ2) is 6.84. The minimum Gasteiger partial charge on any atom is -0.352 e. The van der Waals surface area contributed by atoms with Gasteiger partial charge < -0.3 is 5.32 Å². The van der Waals surface area contributed by atoms with Crippen LogP contribution < -0.4 is 10.0 Å². The predicted octanol–water partition coefficient (Wildman–Crippen LogP) is 3.46. The van der Waals surface area contributed by atoms with Crippen molar-refractivity contribution in [2.75, 3.05) is 6.54 Å². The molecule has 0 atom stereocenters. The van der Waals surface area contributed by atoms with Crippen LogP contribution in [0.2, 0.25) is 0 Å². The van der Waals surface area contributed by atoms with Gasteiger partial charge in [0, 0.05) is 18.2 Å². The van der Waals surface area contributed by atoms with E-state index in [1.807, 2.05) is 0 Å². The average Bonchev–Trinajstić information content (AvgIpc) is 3.44. The third kappa shape index (κ3) is 3.73.